The van der Waals surface area contributed by atoms with Gasteiger partial charge in [-0.3, -0.25) is 9.59 Å². The fraction of sp³-hybridized carbons (Fsp3) is 0.538. The third-order valence-corrected chi connectivity index (χ3v) is 4.17. The van der Waals surface area contributed by atoms with E-state index in [-0.39, 0.29) is 11.8 Å². The van der Waals surface area contributed by atoms with Crippen LogP contribution in [0.2, 0.25) is 0 Å². The van der Waals surface area contributed by atoms with Gasteiger partial charge in [-0.25, -0.2) is 0 Å². The highest BCUT2D eigenvalue weighted by molar-refractivity contribution is 9.10. The third-order valence-electron chi connectivity index (χ3n) is 3.73. The highest BCUT2D eigenvalue weighted by Crippen LogP contribution is 2.37. The lowest BCUT2D eigenvalue weighted by molar-refractivity contribution is -0.127. The summed E-state index contributed by atoms with van der Waals surface area (Å²) in [5, 5.41) is 2.77. The number of aromatic nitrogens is 1. The van der Waals surface area contributed by atoms with Crippen molar-refractivity contribution in [1.29, 1.82) is 0 Å². The van der Waals surface area contributed by atoms with E-state index in [0.717, 1.165) is 17.3 Å². The number of halogens is 1. The summed E-state index contributed by atoms with van der Waals surface area (Å²) in [6.07, 6.45) is 4.20. The van der Waals surface area contributed by atoms with Crippen molar-refractivity contribution in [2.24, 2.45) is 0 Å². The molecule has 1 aromatic heterocycles. The van der Waals surface area contributed by atoms with Crippen molar-refractivity contribution in [3.63, 3.8) is 0 Å². The van der Waals surface area contributed by atoms with Gasteiger partial charge in [0.15, 0.2) is 0 Å². The minimum Gasteiger partial charge on any atom is -0.353 e. The molecule has 0 radical (unpaired) electrons. The number of nitrogens with zero attached hydrogens (tertiary/aromatic N) is 2. The third kappa shape index (κ3) is 2.29. The lowest BCUT2D eigenvalue weighted by Crippen LogP contribution is -2.56. The van der Waals surface area contributed by atoms with Crippen LogP contribution in [0.1, 0.15) is 36.3 Å². The number of carbonyl (C=O) groups is 2. The smallest absolute Gasteiger partial charge is 0.271 e. The molecule has 102 valence electrons. The van der Waals surface area contributed by atoms with E-state index < -0.39 is 6.04 Å². The summed E-state index contributed by atoms with van der Waals surface area (Å²) in [7, 11) is 0. The van der Waals surface area contributed by atoms with Crippen LogP contribution in [0.25, 0.3) is 0 Å². The monoisotopic (exact) mass is 325 g/mol. The maximum absolute atomic E-state index is 12.6. The molecule has 0 spiro atoms. The zero-order valence-corrected chi connectivity index (χ0v) is 12.3. The number of rotatable bonds is 2. The van der Waals surface area contributed by atoms with Gasteiger partial charge in [0.2, 0.25) is 5.91 Å². The average Bonchev–Trinajstić information content (AvgIpc) is 3.15. The second-order valence-corrected chi connectivity index (χ2v) is 6.06. The Morgan fingerprint density at radius 2 is 2.21 bits per heavy atom. The van der Waals surface area contributed by atoms with Gasteiger partial charge in [-0.2, -0.15) is 0 Å². The summed E-state index contributed by atoms with van der Waals surface area (Å²) < 4.78 is 2.95. The molecule has 2 amide bonds. The molecule has 19 heavy (non-hydrogen) atoms. The maximum atomic E-state index is 12.6. The molecule has 1 atom stereocenters. The van der Waals surface area contributed by atoms with Crippen LogP contribution in [-0.4, -0.2) is 40.4 Å². The molecule has 1 saturated heterocycles. The summed E-state index contributed by atoms with van der Waals surface area (Å²) in [5.74, 6) is -0.136. The first-order valence-electron chi connectivity index (χ1n) is 6.54. The summed E-state index contributed by atoms with van der Waals surface area (Å²) in [6.45, 7) is 2.87. The van der Waals surface area contributed by atoms with Crippen LogP contribution >= 0.6 is 15.9 Å². The van der Waals surface area contributed by atoms with Gasteiger partial charge in [-0.05, 0) is 41.8 Å². The van der Waals surface area contributed by atoms with Crippen LogP contribution < -0.4 is 5.32 Å². The van der Waals surface area contributed by atoms with Crippen molar-refractivity contribution < 1.29 is 9.59 Å². The van der Waals surface area contributed by atoms with Gasteiger partial charge in [-0.1, -0.05) is 0 Å². The van der Waals surface area contributed by atoms with E-state index >= 15 is 0 Å². The SMILES string of the molecule is CC1C(=O)NCCN1C(=O)c1cc(Br)cn1C1CC1. The molecule has 0 bridgehead atoms. The minimum atomic E-state index is -0.400. The number of hydrogen-bond donors (Lipinski definition) is 1. The number of hydrogen-bond acceptors (Lipinski definition) is 2. The molecule has 2 heterocycles. The Labute approximate surface area is 120 Å². The van der Waals surface area contributed by atoms with E-state index in [1.165, 1.54) is 0 Å². The number of carbonyl (C=O) groups excluding carboxylic acids is 2. The van der Waals surface area contributed by atoms with Crippen molar-refractivity contribution in [2.75, 3.05) is 13.1 Å². The van der Waals surface area contributed by atoms with Crippen molar-refractivity contribution in [3.8, 4) is 0 Å². The van der Waals surface area contributed by atoms with E-state index in [1.54, 1.807) is 11.8 Å². The van der Waals surface area contributed by atoms with E-state index in [0.29, 0.717) is 24.8 Å². The molecule has 1 aliphatic carbocycles. The number of amides is 2. The van der Waals surface area contributed by atoms with Crippen LogP contribution in [-0.2, 0) is 4.79 Å². The summed E-state index contributed by atoms with van der Waals surface area (Å²) >= 11 is 3.43. The van der Waals surface area contributed by atoms with E-state index in [4.69, 9.17) is 0 Å². The fourth-order valence-electron chi connectivity index (χ4n) is 2.48. The van der Waals surface area contributed by atoms with Crippen molar-refractivity contribution in [3.05, 3.63) is 22.4 Å². The van der Waals surface area contributed by atoms with Gasteiger partial charge in [-0.15, -0.1) is 0 Å². The molecule has 1 aliphatic heterocycles. The van der Waals surface area contributed by atoms with Crippen LogP contribution in [0.4, 0.5) is 0 Å². The Hall–Kier alpha value is -1.30. The van der Waals surface area contributed by atoms with Crippen molar-refractivity contribution in [2.45, 2.75) is 31.8 Å². The van der Waals surface area contributed by atoms with Gasteiger partial charge in [0, 0.05) is 29.8 Å². The molecule has 6 heteroatoms. The van der Waals surface area contributed by atoms with Gasteiger partial charge in [0.05, 0.1) is 0 Å². The van der Waals surface area contributed by atoms with E-state index in [9.17, 15) is 9.59 Å². The second-order valence-electron chi connectivity index (χ2n) is 5.15. The summed E-state index contributed by atoms with van der Waals surface area (Å²) in [4.78, 5) is 25.9. The normalized spacial score (nSPS) is 23.4. The molecule has 2 aliphatic rings. The van der Waals surface area contributed by atoms with Gasteiger partial charge < -0.3 is 14.8 Å². The molecule has 1 saturated carbocycles. The Kier molecular flexibility index (Phi) is 3.12. The number of piperazine rings is 1. The first kappa shape index (κ1) is 12.7. The summed E-state index contributed by atoms with van der Waals surface area (Å²) in [6, 6.07) is 1.89. The van der Waals surface area contributed by atoms with Crippen LogP contribution in [0.3, 0.4) is 0 Å². The van der Waals surface area contributed by atoms with Crippen LogP contribution in [0.5, 0.6) is 0 Å². The fourth-order valence-corrected chi connectivity index (χ4v) is 2.92. The van der Waals surface area contributed by atoms with Crippen LogP contribution in [0, 0.1) is 0 Å². The molecule has 1 N–H and O–H groups in total. The molecule has 2 fully saturated rings. The Morgan fingerprint density at radius 1 is 1.47 bits per heavy atom. The minimum absolute atomic E-state index is 0.0556. The molecule has 0 aromatic carbocycles. The molecule has 3 rings (SSSR count). The Bertz CT molecular complexity index is 536. The molecule has 5 nitrogen and oxygen atoms in total. The standard InChI is InChI=1S/C13H16BrN3O2/c1-8-12(18)15-4-5-16(8)13(19)11-6-9(14)7-17(11)10-2-3-10/h6-8,10H,2-5H2,1H3,(H,15,18). The number of nitrogens with one attached hydrogen (secondary N) is 1. The van der Waals surface area contributed by atoms with Crippen molar-refractivity contribution in [1.82, 2.24) is 14.8 Å². The topological polar surface area (TPSA) is 54.3 Å². The van der Waals surface area contributed by atoms with E-state index in [2.05, 4.69) is 21.2 Å². The van der Waals surface area contributed by atoms with Gasteiger partial charge in [0.25, 0.3) is 5.91 Å². The lowest BCUT2D eigenvalue weighted by atomic mass is 10.2. The Morgan fingerprint density at radius 3 is 2.89 bits per heavy atom. The van der Waals surface area contributed by atoms with Gasteiger partial charge >= 0.3 is 0 Å². The van der Waals surface area contributed by atoms with Crippen LogP contribution in [0.15, 0.2) is 16.7 Å². The average molecular weight is 326 g/mol. The zero-order valence-electron chi connectivity index (χ0n) is 10.7. The zero-order chi connectivity index (χ0) is 13.6. The van der Waals surface area contributed by atoms with Crippen molar-refractivity contribution >= 4 is 27.7 Å². The Balaban J connectivity index is 1.89. The predicted molar refractivity (Wildman–Crippen MR) is 73.9 cm³/mol. The van der Waals surface area contributed by atoms with Gasteiger partial charge in [0.1, 0.15) is 11.7 Å². The quantitative estimate of drug-likeness (QED) is 0.896. The van der Waals surface area contributed by atoms with E-state index in [1.807, 2.05) is 16.8 Å². The second kappa shape index (κ2) is 4.67. The molecular formula is C13H16BrN3O2. The highest BCUT2D eigenvalue weighted by atomic mass is 79.9. The molecule has 1 aromatic rings. The largest absolute Gasteiger partial charge is 0.353 e. The molecular weight excluding hydrogens is 310 g/mol. The predicted octanol–water partition coefficient (Wildman–Crippen LogP) is 1.55. The first-order chi connectivity index (χ1) is 9.08. The highest BCUT2D eigenvalue weighted by Gasteiger charge is 2.34. The molecule has 1 unspecified atom stereocenters. The lowest BCUT2D eigenvalue weighted by Gasteiger charge is -2.33. The maximum Gasteiger partial charge on any atom is 0.271 e. The summed E-state index contributed by atoms with van der Waals surface area (Å²) in [5.41, 5.74) is 0.677. The first-order valence-corrected chi connectivity index (χ1v) is 7.33.